The lowest BCUT2D eigenvalue weighted by Gasteiger charge is -2.26. The van der Waals surface area contributed by atoms with Crippen molar-refractivity contribution in [3.63, 3.8) is 0 Å². The zero-order valence-corrected chi connectivity index (χ0v) is 11.6. The molecule has 1 N–H and O–H groups in total. The van der Waals surface area contributed by atoms with E-state index in [1.165, 1.54) is 0 Å². The van der Waals surface area contributed by atoms with Crippen LogP contribution in [0.2, 0.25) is 5.15 Å². The monoisotopic (exact) mass is 280 g/mol. The molecule has 1 amide bonds. The van der Waals surface area contributed by atoms with Gasteiger partial charge in [0, 0.05) is 18.6 Å². The van der Waals surface area contributed by atoms with Crippen molar-refractivity contribution < 1.29 is 4.79 Å². The van der Waals surface area contributed by atoms with E-state index in [2.05, 4.69) is 27.1 Å². The number of nitrogens with zero attached hydrogens (tertiary/aromatic N) is 3. The van der Waals surface area contributed by atoms with Crippen molar-refractivity contribution in [2.45, 2.75) is 25.3 Å². The predicted molar refractivity (Wildman–Crippen MR) is 73.1 cm³/mol. The lowest BCUT2D eigenvalue weighted by atomic mass is 9.98. The van der Waals surface area contributed by atoms with E-state index in [0.29, 0.717) is 17.0 Å². The molecule has 0 bridgehead atoms. The maximum absolute atomic E-state index is 10.7. The van der Waals surface area contributed by atoms with Crippen LogP contribution >= 0.6 is 11.6 Å². The molecule has 1 aromatic rings. The first kappa shape index (κ1) is 12.7. The molecule has 19 heavy (non-hydrogen) atoms. The highest BCUT2D eigenvalue weighted by molar-refractivity contribution is 6.29. The minimum absolute atomic E-state index is 0.0329. The van der Waals surface area contributed by atoms with Crippen LogP contribution in [0.5, 0.6) is 0 Å². The Morgan fingerprint density at radius 2 is 2.05 bits per heavy atom. The van der Waals surface area contributed by atoms with Crippen molar-refractivity contribution >= 4 is 23.8 Å². The van der Waals surface area contributed by atoms with E-state index in [1.54, 1.807) is 12.4 Å². The Bertz CT molecular complexity index is 464. The van der Waals surface area contributed by atoms with Crippen LogP contribution in [0.4, 0.5) is 5.82 Å². The van der Waals surface area contributed by atoms with Gasteiger partial charge in [-0.3, -0.25) is 4.79 Å². The van der Waals surface area contributed by atoms with Crippen molar-refractivity contribution in [3.05, 3.63) is 17.5 Å². The SMILES string of the molecule is CC1(NC=O)C[C@H]2CN(c3cnc(Cl)cn3)C[C@H]2C1. The topological polar surface area (TPSA) is 58.1 Å². The molecular weight excluding hydrogens is 264 g/mol. The number of hydrogen-bond acceptors (Lipinski definition) is 4. The van der Waals surface area contributed by atoms with Crippen molar-refractivity contribution in [1.82, 2.24) is 15.3 Å². The van der Waals surface area contributed by atoms with Gasteiger partial charge >= 0.3 is 0 Å². The Hall–Kier alpha value is -1.36. The van der Waals surface area contributed by atoms with Crippen molar-refractivity contribution in [2.24, 2.45) is 11.8 Å². The summed E-state index contributed by atoms with van der Waals surface area (Å²) in [5.41, 5.74) is -0.0329. The zero-order chi connectivity index (χ0) is 13.5. The molecule has 1 aliphatic carbocycles. The second-order valence-electron chi connectivity index (χ2n) is 5.85. The van der Waals surface area contributed by atoms with E-state index in [4.69, 9.17) is 11.6 Å². The maximum atomic E-state index is 10.7. The van der Waals surface area contributed by atoms with Gasteiger partial charge in [-0.2, -0.15) is 0 Å². The average molecular weight is 281 g/mol. The summed E-state index contributed by atoms with van der Waals surface area (Å²) >= 11 is 5.75. The maximum Gasteiger partial charge on any atom is 0.207 e. The molecular formula is C13H17ClN4O. The van der Waals surface area contributed by atoms with Crippen LogP contribution in [0.25, 0.3) is 0 Å². The Morgan fingerprint density at radius 1 is 1.37 bits per heavy atom. The molecule has 102 valence electrons. The number of fused-ring (bicyclic) bond motifs is 1. The van der Waals surface area contributed by atoms with Crippen LogP contribution in [-0.2, 0) is 4.79 Å². The second kappa shape index (κ2) is 4.63. The molecule has 0 spiro atoms. The van der Waals surface area contributed by atoms with Gasteiger partial charge in [-0.15, -0.1) is 0 Å². The van der Waals surface area contributed by atoms with Crippen molar-refractivity contribution in [2.75, 3.05) is 18.0 Å². The first-order valence-corrected chi connectivity index (χ1v) is 6.91. The number of rotatable bonds is 3. The van der Waals surface area contributed by atoms with E-state index in [9.17, 15) is 4.79 Å². The molecule has 1 saturated carbocycles. The smallest absolute Gasteiger partial charge is 0.207 e. The summed E-state index contributed by atoms with van der Waals surface area (Å²) in [4.78, 5) is 21.3. The molecule has 2 aliphatic rings. The number of hydrogen-bond donors (Lipinski definition) is 1. The minimum atomic E-state index is -0.0329. The molecule has 3 rings (SSSR count). The van der Waals surface area contributed by atoms with Gasteiger partial charge in [-0.1, -0.05) is 11.6 Å². The van der Waals surface area contributed by atoms with Gasteiger partial charge < -0.3 is 10.2 Å². The number of amides is 1. The summed E-state index contributed by atoms with van der Waals surface area (Å²) in [7, 11) is 0. The summed E-state index contributed by atoms with van der Waals surface area (Å²) in [6.45, 7) is 4.10. The van der Waals surface area contributed by atoms with E-state index in [-0.39, 0.29) is 5.54 Å². The first-order chi connectivity index (χ1) is 9.09. The fraction of sp³-hybridized carbons (Fsp3) is 0.615. The molecule has 5 nitrogen and oxygen atoms in total. The third kappa shape index (κ3) is 2.39. The van der Waals surface area contributed by atoms with E-state index >= 15 is 0 Å². The first-order valence-electron chi connectivity index (χ1n) is 6.53. The predicted octanol–water partition coefficient (Wildman–Crippen LogP) is 1.48. The average Bonchev–Trinajstić information content (AvgIpc) is 2.85. The molecule has 0 aromatic carbocycles. The molecule has 3 atom stereocenters. The van der Waals surface area contributed by atoms with E-state index in [0.717, 1.165) is 38.2 Å². The quantitative estimate of drug-likeness (QED) is 0.852. The van der Waals surface area contributed by atoms with Crippen LogP contribution in [0.15, 0.2) is 12.4 Å². The lowest BCUT2D eigenvalue weighted by molar-refractivity contribution is -0.111. The van der Waals surface area contributed by atoms with Crippen LogP contribution in [-0.4, -0.2) is 35.0 Å². The van der Waals surface area contributed by atoms with Crippen LogP contribution in [0, 0.1) is 11.8 Å². The number of halogens is 1. The van der Waals surface area contributed by atoms with Crippen LogP contribution < -0.4 is 10.2 Å². The molecule has 2 fully saturated rings. The number of carbonyl (C=O) groups excluding carboxylic acids is 1. The van der Waals surface area contributed by atoms with Gasteiger partial charge in [0.25, 0.3) is 0 Å². The third-order valence-electron chi connectivity index (χ3n) is 4.34. The summed E-state index contributed by atoms with van der Waals surface area (Å²) < 4.78 is 0. The summed E-state index contributed by atoms with van der Waals surface area (Å²) in [6.07, 6.45) is 6.21. The molecule has 1 unspecified atom stereocenters. The van der Waals surface area contributed by atoms with E-state index in [1.807, 2.05) is 0 Å². The molecule has 1 aromatic heterocycles. The molecule has 2 heterocycles. The van der Waals surface area contributed by atoms with Gasteiger partial charge in [-0.05, 0) is 31.6 Å². The van der Waals surface area contributed by atoms with E-state index < -0.39 is 0 Å². The normalized spacial score (nSPS) is 33.3. The molecule has 1 aliphatic heterocycles. The minimum Gasteiger partial charge on any atom is -0.355 e. The lowest BCUT2D eigenvalue weighted by Crippen LogP contribution is -2.40. The molecule has 6 heteroatoms. The molecule has 1 saturated heterocycles. The van der Waals surface area contributed by atoms with Crippen molar-refractivity contribution in [3.8, 4) is 0 Å². The van der Waals surface area contributed by atoms with Gasteiger partial charge in [-0.25, -0.2) is 9.97 Å². The number of anilines is 1. The zero-order valence-electron chi connectivity index (χ0n) is 10.8. The Balaban J connectivity index is 1.68. The number of aromatic nitrogens is 2. The summed E-state index contributed by atoms with van der Waals surface area (Å²) in [5.74, 6) is 2.13. The fourth-order valence-corrected chi connectivity index (χ4v) is 3.66. The van der Waals surface area contributed by atoms with Gasteiger partial charge in [0.1, 0.15) is 11.0 Å². The number of carbonyl (C=O) groups is 1. The fourth-order valence-electron chi connectivity index (χ4n) is 3.56. The molecule has 0 radical (unpaired) electrons. The highest BCUT2D eigenvalue weighted by Crippen LogP contribution is 2.44. The van der Waals surface area contributed by atoms with Gasteiger partial charge in [0.05, 0.1) is 12.4 Å². The highest BCUT2D eigenvalue weighted by atomic mass is 35.5. The Kier molecular flexibility index (Phi) is 3.09. The van der Waals surface area contributed by atoms with Gasteiger partial charge in [0.15, 0.2) is 0 Å². The summed E-state index contributed by atoms with van der Waals surface area (Å²) in [6, 6.07) is 0. The van der Waals surface area contributed by atoms with Gasteiger partial charge in [0.2, 0.25) is 6.41 Å². The summed E-state index contributed by atoms with van der Waals surface area (Å²) in [5, 5.41) is 3.39. The van der Waals surface area contributed by atoms with Crippen LogP contribution in [0.1, 0.15) is 19.8 Å². The highest BCUT2D eigenvalue weighted by Gasteiger charge is 2.46. The largest absolute Gasteiger partial charge is 0.355 e. The third-order valence-corrected chi connectivity index (χ3v) is 4.54. The Morgan fingerprint density at radius 3 is 2.58 bits per heavy atom. The van der Waals surface area contributed by atoms with Crippen LogP contribution in [0.3, 0.4) is 0 Å². The second-order valence-corrected chi connectivity index (χ2v) is 6.24. The standard InChI is InChI=1S/C13H17ClN4O/c1-13(17-8-19)2-9-6-18(7-10(9)3-13)12-5-15-11(14)4-16-12/h4-5,8-10H,2-3,6-7H2,1H3,(H,17,19)/t9-,10+,13?. The Labute approximate surface area is 117 Å². The number of nitrogens with one attached hydrogen (secondary N) is 1. The van der Waals surface area contributed by atoms with Crippen molar-refractivity contribution in [1.29, 1.82) is 0 Å².